The summed E-state index contributed by atoms with van der Waals surface area (Å²) in [6, 6.07) is 10.0. The van der Waals surface area contributed by atoms with Crippen molar-refractivity contribution in [3.63, 3.8) is 0 Å². The first kappa shape index (κ1) is 19.6. The summed E-state index contributed by atoms with van der Waals surface area (Å²) in [4.78, 5) is 30.5. The van der Waals surface area contributed by atoms with E-state index in [2.05, 4.69) is 26.2 Å². The monoisotopic (exact) mass is 445 g/mol. The Morgan fingerprint density at radius 1 is 1.26 bits per heavy atom. The minimum atomic E-state index is -0.407. The van der Waals surface area contributed by atoms with Crippen molar-refractivity contribution in [2.24, 2.45) is 10.9 Å². The van der Waals surface area contributed by atoms with Gasteiger partial charge in [-0.05, 0) is 42.8 Å². The van der Waals surface area contributed by atoms with Crippen molar-refractivity contribution in [3.8, 4) is 0 Å². The van der Waals surface area contributed by atoms with E-state index in [1.807, 2.05) is 42.5 Å². The van der Waals surface area contributed by atoms with Crippen molar-refractivity contribution >= 4 is 50.8 Å². The number of aliphatic imine (C=N–C) groups is 1. The maximum Gasteiger partial charge on any atom is 0.241 e. The summed E-state index contributed by atoms with van der Waals surface area (Å²) in [5, 5.41) is 3.18. The molecule has 0 spiro atoms. The summed E-state index contributed by atoms with van der Waals surface area (Å²) < 4.78 is 0.852. The first-order valence-electron chi connectivity index (χ1n) is 8.84. The number of hydrogen-bond acceptors (Lipinski definition) is 3. The molecule has 1 heterocycles. The van der Waals surface area contributed by atoms with Crippen LogP contribution >= 0.6 is 28.1 Å². The van der Waals surface area contributed by atoms with E-state index in [0.29, 0.717) is 31.6 Å². The third kappa shape index (κ3) is 5.20. The van der Waals surface area contributed by atoms with Crippen molar-refractivity contribution < 1.29 is 9.59 Å². The first-order chi connectivity index (χ1) is 13.0. The number of halogens is 1. The van der Waals surface area contributed by atoms with Gasteiger partial charge in [0, 0.05) is 24.0 Å². The molecule has 1 aliphatic heterocycles. The van der Waals surface area contributed by atoms with Gasteiger partial charge in [-0.3, -0.25) is 14.5 Å². The zero-order valence-electron chi connectivity index (χ0n) is 14.7. The van der Waals surface area contributed by atoms with Crippen LogP contribution in [0.15, 0.2) is 58.0 Å². The minimum absolute atomic E-state index is 0.0197. The quantitative estimate of drug-likeness (QED) is 0.655. The Hall–Kier alpha value is -2.12. The van der Waals surface area contributed by atoms with E-state index in [4.69, 9.17) is 12.2 Å². The molecule has 5 nitrogen and oxygen atoms in total. The maximum atomic E-state index is 12.7. The van der Waals surface area contributed by atoms with Crippen LogP contribution in [-0.2, 0) is 16.0 Å². The molecule has 140 valence electrons. The Kier molecular flexibility index (Phi) is 6.68. The van der Waals surface area contributed by atoms with Crippen LogP contribution in [0.2, 0.25) is 0 Å². The van der Waals surface area contributed by atoms with Crippen molar-refractivity contribution in [2.75, 3.05) is 13.1 Å². The molecule has 3 rings (SSSR count). The summed E-state index contributed by atoms with van der Waals surface area (Å²) in [5.41, 5.74) is 1.86. The zero-order valence-corrected chi connectivity index (χ0v) is 17.1. The third-order valence-electron chi connectivity index (χ3n) is 4.41. The molecule has 1 unspecified atom stereocenters. The zero-order chi connectivity index (χ0) is 19.2. The number of amides is 2. The Balaban J connectivity index is 1.44. The lowest BCUT2D eigenvalue weighted by Crippen LogP contribution is -2.46. The van der Waals surface area contributed by atoms with E-state index < -0.39 is 5.92 Å². The van der Waals surface area contributed by atoms with Gasteiger partial charge >= 0.3 is 0 Å². The molecule has 7 heteroatoms. The number of fused-ring (bicyclic) bond motifs is 1. The summed E-state index contributed by atoms with van der Waals surface area (Å²) >= 11 is 8.64. The molecule has 2 amide bonds. The topological polar surface area (TPSA) is 61.8 Å². The number of nitrogens with zero attached hydrogens (tertiary/aromatic N) is 2. The fraction of sp³-hybridized carbons (Fsp3) is 0.300. The van der Waals surface area contributed by atoms with Crippen LogP contribution in [0.4, 0.5) is 0 Å². The molecule has 0 aromatic heterocycles. The SMILES string of the molecule is O=C(CCCN1C(=O)C2C=C(Br)C=CC2=NC1=S)NCCc1ccccc1. The van der Waals surface area contributed by atoms with Crippen LogP contribution in [0.1, 0.15) is 18.4 Å². The number of carbonyl (C=O) groups excluding carboxylic acids is 2. The lowest BCUT2D eigenvalue weighted by molar-refractivity contribution is -0.129. The second kappa shape index (κ2) is 9.19. The van der Waals surface area contributed by atoms with Gasteiger partial charge in [0.05, 0.1) is 5.71 Å². The smallest absolute Gasteiger partial charge is 0.241 e. The van der Waals surface area contributed by atoms with E-state index in [0.717, 1.165) is 10.9 Å². The number of allylic oxidation sites excluding steroid dienone is 3. The van der Waals surface area contributed by atoms with Crippen molar-refractivity contribution in [1.29, 1.82) is 0 Å². The van der Waals surface area contributed by atoms with Crippen molar-refractivity contribution in [1.82, 2.24) is 10.2 Å². The first-order valence-corrected chi connectivity index (χ1v) is 10.0. The molecule has 1 aliphatic carbocycles. The van der Waals surface area contributed by atoms with Gasteiger partial charge in [-0.2, -0.15) is 0 Å². The molecule has 2 aliphatic rings. The van der Waals surface area contributed by atoms with Crippen LogP contribution in [0.25, 0.3) is 0 Å². The van der Waals surface area contributed by atoms with Gasteiger partial charge in [-0.1, -0.05) is 52.3 Å². The Labute approximate surface area is 172 Å². The van der Waals surface area contributed by atoms with E-state index >= 15 is 0 Å². The second-order valence-corrected chi connectivity index (χ2v) is 7.64. The highest BCUT2D eigenvalue weighted by Gasteiger charge is 2.34. The molecule has 0 radical (unpaired) electrons. The molecule has 1 aromatic rings. The van der Waals surface area contributed by atoms with Gasteiger partial charge in [0.2, 0.25) is 16.9 Å². The molecular weight excluding hydrogens is 426 g/mol. The average Bonchev–Trinajstić information content (AvgIpc) is 2.66. The van der Waals surface area contributed by atoms with E-state index in [9.17, 15) is 9.59 Å². The number of carbonyl (C=O) groups is 2. The van der Waals surface area contributed by atoms with Crippen LogP contribution < -0.4 is 5.32 Å². The molecule has 0 saturated heterocycles. The molecule has 27 heavy (non-hydrogen) atoms. The minimum Gasteiger partial charge on any atom is -0.356 e. The Morgan fingerprint density at radius 2 is 2.04 bits per heavy atom. The number of hydrogen-bond donors (Lipinski definition) is 1. The highest BCUT2D eigenvalue weighted by molar-refractivity contribution is 9.11. The summed E-state index contributed by atoms with van der Waals surface area (Å²) in [7, 11) is 0. The summed E-state index contributed by atoms with van der Waals surface area (Å²) in [6.45, 7) is 0.997. The highest BCUT2D eigenvalue weighted by Crippen LogP contribution is 2.25. The molecule has 1 N–H and O–H groups in total. The molecular formula is C20H20BrN3O2S. The Bertz CT molecular complexity index is 833. The van der Waals surface area contributed by atoms with Crippen molar-refractivity contribution in [2.45, 2.75) is 19.3 Å². The molecule has 0 fully saturated rings. The number of thiocarbonyl (C=S) groups is 1. The van der Waals surface area contributed by atoms with Gasteiger partial charge in [0.15, 0.2) is 0 Å². The number of benzene rings is 1. The Morgan fingerprint density at radius 3 is 2.81 bits per heavy atom. The molecule has 1 atom stereocenters. The number of rotatable bonds is 7. The normalized spacial score (nSPS) is 18.7. The lowest BCUT2D eigenvalue weighted by Gasteiger charge is -2.30. The summed E-state index contributed by atoms with van der Waals surface area (Å²) in [5.74, 6) is -0.514. The largest absolute Gasteiger partial charge is 0.356 e. The highest BCUT2D eigenvalue weighted by atomic mass is 79.9. The molecule has 0 saturated carbocycles. The summed E-state index contributed by atoms with van der Waals surface area (Å²) in [6.07, 6.45) is 7.17. The van der Waals surface area contributed by atoms with E-state index in [1.165, 1.54) is 10.5 Å². The lowest BCUT2D eigenvalue weighted by atomic mass is 9.95. The van der Waals surface area contributed by atoms with Gasteiger partial charge in [0.1, 0.15) is 5.92 Å². The predicted molar refractivity (Wildman–Crippen MR) is 114 cm³/mol. The second-order valence-electron chi connectivity index (χ2n) is 6.36. The molecule has 1 aromatic carbocycles. The van der Waals surface area contributed by atoms with Crippen LogP contribution in [0, 0.1) is 5.92 Å². The van der Waals surface area contributed by atoms with Crippen LogP contribution in [0.3, 0.4) is 0 Å². The number of nitrogens with one attached hydrogen (secondary N) is 1. The van der Waals surface area contributed by atoms with Crippen LogP contribution in [0.5, 0.6) is 0 Å². The molecule has 0 bridgehead atoms. The van der Waals surface area contributed by atoms with Gasteiger partial charge in [-0.15, -0.1) is 0 Å². The predicted octanol–water partition coefficient (Wildman–Crippen LogP) is 3.16. The van der Waals surface area contributed by atoms with Gasteiger partial charge in [-0.25, -0.2) is 4.99 Å². The van der Waals surface area contributed by atoms with E-state index in [1.54, 1.807) is 6.08 Å². The van der Waals surface area contributed by atoms with E-state index in [-0.39, 0.29) is 16.9 Å². The standard InChI is InChI=1S/C20H20BrN3O2S/c21-15-8-9-17-16(13-15)19(26)24(20(27)23-17)12-4-7-18(25)22-11-10-14-5-2-1-3-6-14/h1-3,5-6,8-9,13,16H,4,7,10-12H2,(H,22,25). The van der Waals surface area contributed by atoms with Gasteiger partial charge < -0.3 is 5.32 Å². The van der Waals surface area contributed by atoms with Crippen LogP contribution in [-0.4, -0.2) is 40.6 Å². The maximum absolute atomic E-state index is 12.7. The fourth-order valence-electron chi connectivity index (χ4n) is 2.99. The fourth-order valence-corrected chi connectivity index (χ4v) is 3.67. The van der Waals surface area contributed by atoms with Gasteiger partial charge in [0.25, 0.3) is 0 Å². The third-order valence-corrected chi connectivity index (χ3v) is 5.25. The average molecular weight is 446 g/mol. The van der Waals surface area contributed by atoms with Crippen molar-refractivity contribution in [3.05, 3.63) is 58.6 Å².